The lowest BCUT2D eigenvalue weighted by Crippen LogP contribution is -2.03. The van der Waals surface area contributed by atoms with Gasteiger partial charge in [-0.3, -0.25) is 4.79 Å². The van der Waals surface area contributed by atoms with E-state index in [0.29, 0.717) is 5.69 Å². The summed E-state index contributed by atoms with van der Waals surface area (Å²) >= 11 is 5.48. The Kier molecular flexibility index (Phi) is 4.44. The number of halogens is 1. The molecule has 0 spiro atoms. The largest absolute Gasteiger partial charge is 0.503 e. The summed E-state index contributed by atoms with van der Waals surface area (Å²) in [6.07, 6.45) is 1.21. The van der Waals surface area contributed by atoms with Gasteiger partial charge >= 0.3 is 0 Å². The van der Waals surface area contributed by atoms with Gasteiger partial charge in [-0.25, -0.2) is 0 Å². The molecule has 0 fully saturated rings. The normalized spacial score (nSPS) is 8.67. The number of aromatic hydroxyl groups is 1. The molecule has 0 radical (unpaired) electrons. The molecule has 0 bridgehead atoms. The summed E-state index contributed by atoms with van der Waals surface area (Å²) in [6, 6.07) is 0. The van der Waals surface area contributed by atoms with Crippen LogP contribution in [0.4, 0.5) is 0 Å². The minimum absolute atomic E-state index is 0.0417. The number of aryl methyl sites for hydroxylation is 1. The Hall–Kier alpha value is -0.960. The van der Waals surface area contributed by atoms with E-state index >= 15 is 0 Å². The first-order valence-electron chi connectivity index (χ1n) is 3.69. The molecule has 4 heteroatoms. The van der Waals surface area contributed by atoms with Gasteiger partial charge in [0.05, 0.1) is 0 Å². The average Bonchev–Trinajstić information content (AvgIpc) is 2.12. The molecule has 0 amide bonds. The van der Waals surface area contributed by atoms with E-state index in [1.54, 1.807) is 6.92 Å². The zero-order chi connectivity index (χ0) is 9.72. The van der Waals surface area contributed by atoms with Crippen LogP contribution in [0.1, 0.15) is 19.5 Å². The topological polar surface area (TPSA) is 53.1 Å². The summed E-state index contributed by atoms with van der Waals surface area (Å²) in [5, 5.41) is 8.84. The van der Waals surface area contributed by atoms with Crippen molar-refractivity contribution in [3.05, 3.63) is 27.1 Å². The minimum Gasteiger partial charge on any atom is -0.503 e. The van der Waals surface area contributed by atoms with Crippen molar-refractivity contribution in [1.29, 1.82) is 0 Å². The minimum atomic E-state index is -0.530. The monoisotopic (exact) mass is 189 g/mol. The van der Waals surface area contributed by atoms with Crippen molar-refractivity contribution < 1.29 is 5.11 Å². The van der Waals surface area contributed by atoms with Crippen LogP contribution in [0.25, 0.3) is 0 Å². The number of pyridine rings is 1. The van der Waals surface area contributed by atoms with E-state index in [4.69, 9.17) is 16.7 Å². The summed E-state index contributed by atoms with van der Waals surface area (Å²) in [7, 11) is 0. The van der Waals surface area contributed by atoms with Crippen LogP contribution < -0.4 is 5.43 Å². The standard InChI is InChI=1S/C6H6ClNO2.C2H6/c1-3-5(7)6(10)4(9)2-8-3;1-2/h2,9H,1H3,(H,8,10);1-2H3. The van der Waals surface area contributed by atoms with E-state index in [1.165, 1.54) is 6.20 Å². The third kappa shape index (κ3) is 2.27. The molecule has 0 aliphatic carbocycles. The molecule has 0 aromatic carbocycles. The first kappa shape index (κ1) is 11.0. The SMILES string of the molecule is CC.Cc1[nH]cc(O)c(=O)c1Cl. The fourth-order valence-corrected chi connectivity index (χ4v) is 0.740. The summed E-state index contributed by atoms with van der Waals surface area (Å²) in [6.45, 7) is 5.66. The molecule has 0 aliphatic heterocycles. The number of nitrogens with one attached hydrogen (secondary N) is 1. The average molecular weight is 190 g/mol. The van der Waals surface area contributed by atoms with Crippen molar-refractivity contribution in [1.82, 2.24) is 4.98 Å². The smallest absolute Gasteiger partial charge is 0.241 e. The molecule has 3 nitrogen and oxygen atoms in total. The highest BCUT2D eigenvalue weighted by atomic mass is 35.5. The molecular formula is C8H12ClNO2. The van der Waals surface area contributed by atoms with Gasteiger partial charge in [0.25, 0.3) is 0 Å². The van der Waals surface area contributed by atoms with Crippen LogP contribution in [-0.4, -0.2) is 10.1 Å². The predicted octanol–water partition coefficient (Wildman–Crippen LogP) is 2.07. The number of rotatable bonds is 0. The van der Waals surface area contributed by atoms with Crippen molar-refractivity contribution in [3.8, 4) is 5.75 Å². The molecule has 68 valence electrons. The van der Waals surface area contributed by atoms with Gasteiger partial charge in [0.2, 0.25) is 5.43 Å². The zero-order valence-electron chi connectivity index (χ0n) is 7.31. The van der Waals surface area contributed by atoms with Crippen LogP contribution in [0.3, 0.4) is 0 Å². The quantitative estimate of drug-likeness (QED) is 0.657. The lowest BCUT2D eigenvalue weighted by atomic mass is 10.3. The number of aromatic amines is 1. The Balaban J connectivity index is 0.000000561. The maximum absolute atomic E-state index is 10.8. The number of H-pyrrole nitrogens is 1. The summed E-state index contributed by atoms with van der Waals surface area (Å²) < 4.78 is 0. The maximum Gasteiger partial charge on any atom is 0.241 e. The van der Waals surface area contributed by atoms with Crippen LogP contribution in [0.2, 0.25) is 5.02 Å². The highest BCUT2D eigenvalue weighted by molar-refractivity contribution is 6.31. The zero-order valence-corrected chi connectivity index (χ0v) is 8.07. The molecule has 1 heterocycles. The molecule has 2 N–H and O–H groups in total. The highest BCUT2D eigenvalue weighted by Crippen LogP contribution is 2.09. The Morgan fingerprint density at radius 3 is 2.42 bits per heavy atom. The first-order chi connectivity index (χ1) is 5.63. The van der Waals surface area contributed by atoms with Crippen LogP contribution in [0.15, 0.2) is 11.0 Å². The van der Waals surface area contributed by atoms with Gasteiger partial charge in [-0.1, -0.05) is 25.4 Å². The molecule has 0 atom stereocenters. The lowest BCUT2D eigenvalue weighted by Gasteiger charge is -1.95. The molecule has 1 rings (SSSR count). The van der Waals surface area contributed by atoms with Gasteiger partial charge in [0.1, 0.15) is 5.02 Å². The van der Waals surface area contributed by atoms with Gasteiger partial charge in [0, 0.05) is 11.9 Å². The Morgan fingerprint density at radius 1 is 1.50 bits per heavy atom. The van der Waals surface area contributed by atoms with Crippen molar-refractivity contribution in [2.75, 3.05) is 0 Å². The van der Waals surface area contributed by atoms with Gasteiger partial charge in [-0.2, -0.15) is 0 Å². The van der Waals surface area contributed by atoms with Crippen molar-refractivity contribution in [2.24, 2.45) is 0 Å². The molecule has 0 aliphatic rings. The summed E-state index contributed by atoms with van der Waals surface area (Å²) in [5.41, 5.74) is 0.0300. The lowest BCUT2D eigenvalue weighted by molar-refractivity contribution is 0.467. The number of aromatic nitrogens is 1. The van der Waals surface area contributed by atoms with Crippen LogP contribution >= 0.6 is 11.6 Å². The second-order valence-corrected chi connectivity index (χ2v) is 2.32. The summed E-state index contributed by atoms with van der Waals surface area (Å²) in [4.78, 5) is 13.4. The van der Waals surface area contributed by atoms with E-state index < -0.39 is 5.43 Å². The Bertz CT molecular complexity index is 306. The third-order valence-electron chi connectivity index (χ3n) is 1.19. The molecule has 1 aromatic rings. The molecule has 0 saturated carbocycles. The molecular weight excluding hydrogens is 178 g/mol. The highest BCUT2D eigenvalue weighted by Gasteiger charge is 2.03. The van der Waals surface area contributed by atoms with Gasteiger partial charge in [-0.05, 0) is 6.92 Å². The Labute approximate surface area is 76.0 Å². The van der Waals surface area contributed by atoms with E-state index in [0.717, 1.165) is 0 Å². The van der Waals surface area contributed by atoms with Crippen LogP contribution in [-0.2, 0) is 0 Å². The van der Waals surface area contributed by atoms with Gasteiger partial charge in [0.15, 0.2) is 5.75 Å². The van der Waals surface area contributed by atoms with E-state index in [9.17, 15) is 4.79 Å². The van der Waals surface area contributed by atoms with Crippen molar-refractivity contribution >= 4 is 11.6 Å². The molecule has 0 saturated heterocycles. The van der Waals surface area contributed by atoms with Gasteiger partial charge in [-0.15, -0.1) is 0 Å². The number of hydrogen-bond donors (Lipinski definition) is 2. The summed E-state index contributed by atoms with van der Waals surface area (Å²) in [5.74, 6) is -0.351. The number of hydrogen-bond acceptors (Lipinski definition) is 2. The second kappa shape index (κ2) is 4.83. The predicted molar refractivity (Wildman–Crippen MR) is 49.8 cm³/mol. The molecule has 12 heavy (non-hydrogen) atoms. The molecule has 1 aromatic heterocycles. The van der Waals surface area contributed by atoms with E-state index in [1.807, 2.05) is 13.8 Å². The Morgan fingerprint density at radius 2 is 2.00 bits per heavy atom. The fraction of sp³-hybridized carbons (Fsp3) is 0.375. The molecule has 0 unspecified atom stereocenters. The fourth-order valence-electron chi connectivity index (χ4n) is 0.588. The van der Waals surface area contributed by atoms with Crippen LogP contribution in [0, 0.1) is 6.92 Å². The maximum atomic E-state index is 10.8. The van der Waals surface area contributed by atoms with E-state index in [-0.39, 0.29) is 10.8 Å². The van der Waals surface area contributed by atoms with Crippen molar-refractivity contribution in [2.45, 2.75) is 20.8 Å². The first-order valence-corrected chi connectivity index (χ1v) is 4.07. The van der Waals surface area contributed by atoms with Gasteiger partial charge < -0.3 is 10.1 Å². The van der Waals surface area contributed by atoms with Crippen LogP contribution in [0.5, 0.6) is 5.75 Å². The third-order valence-corrected chi connectivity index (χ3v) is 1.64. The second-order valence-electron chi connectivity index (χ2n) is 1.94. The van der Waals surface area contributed by atoms with E-state index in [2.05, 4.69) is 4.98 Å². The van der Waals surface area contributed by atoms with Crippen molar-refractivity contribution in [3.63, 3.8) is 0 Å².